The molecular formula is C18H13FN4O. The first-order valence-corrected chi connectivity index (χ1v) is 7.09. The van der Waals surface area contributed by atoms with Crippen LogP contribution < -0.4 is 10.5 Å². The van der Waals surface area contributed by atoms with E-state index in [9.17, 15) is 9.65 Å². The van der Waals surface area contributed by atoms with Crippen molar-refractivity contribution in [1.29, 1.82) is 5.26 Å². The summed E-state index contributed by atoms with van der Waals surface area (Å²) in [6, 6.07) is 13.2. The van der Waals surface area contributed by atoms with E-state index in [1.807, 2.05) is 6.07 Å². The molecule has 0 unspecified atom stereocenters. The third-order valence-corrected chi connectivity index (χ3v) is 3.53. The van der Waals surface area contributed by atoms with Crippen molar-refractivity contribution in [3.63, 3.8) is 0 Å². The first-order valence-electron chi connectivity index (χ1n) is 7.09. The van der Waals surface area contributed by atoms with Crippen molar-refractivity contribution < 1.29 is 9.13 Å². The maximum Gasteiger partial charge on any atom is 0.212 e. The lowest BCUT2D eigenvalue weighted by Gasteiger charge is -2.12. The van der Waals surface area contributed by atoms with E-state index in [1.54, 1.807) is 36.5 Å². The molecule has 3 rings (SSSR count). The predicted octanol–water partition coefficient (Wildman–Crippen LogP) is 3.41. The summed E-state index contributed by atoms with van der Waals surface area (Å²) in [6.45, 7) is 0. The quantitative estimate of drug-likeness (QED) is 0.799. The molecule has 2 heterocycles. The molecule has 0 fully saturated rings. The van der Waals surface area contributed by atoms with Crippen molar-refractivity contribution in [2.75, 3.05) is 12.8 Å². The first-order chi connectivity index (χ1) is 11.6. The Balaban J connectivity index is 2.24. The maximum absolute atomic E-state index is 13.6. The molecule has 6 heteroatoms. The van der Waals surface area contributed by atoms with E-state index in [1.165, 1.54) is 19.2 Å². The van der Waals surface area contributed by atoms with Crippen LogP contribution in [0.3, 0.4) is 0 Å². The van der Waals surface area contributed by atoms with Gasteiger partial charge in [0.2, 0.25) is 5.88 Å². The van der Waals surface area contributed by atoms with Crippen molar-refractivity contribution in [3.05, 3.63) is 60.0 Å². The molecule has 3 aromatic rings. The topological polar surface area (TPSA) is 84.8 Å². The monoisotopic (exact) mass is 320 g/mol. The van der Waals surface area contributed by atoms with Gasteiger partial charge in [-0.15, -0.1) is 0 Å². The van der Waals surface area contributed by atoms with Gasteiger partial charge in [-0.05, 0) is 24.3 Å². The number of hydrogen-bond acceptors (Lipinski definition) is 5. The van der Waals surface area contributed by atoms with Gasteiger partial charge in [0.15, 0.2) is 0 Å². The van der Waals surface area contributed by atoms with Gasteiger partial charge in [0.25, 0.3) is 0 Å². The van der Waals surface area contributed by atoms with Crippen LogP contribution in [0.5, 0.6) is 5.88 Å². The normalized spacial score (nSPS) is 10.2. The molecule has 0 aliphatic heterocycles. The Morgan fingerprint density at radius 3 is 2.62 bits per heavy atom. The summed E-state index contributed by atoms with van der Waals surface area (Å²) in [5, 5.41) is 9.21. The lowest BCUT2D eigenvalue weighted by atomic mass is 9.98. The molecule has 0 radical (unpaired) electrons. The number of anilines is 1. The second-order valence-corrected chi connectivity index (χ2v) is 5.03. The molecule has 24 heavy (non-hydrogen) atoms. The van der Waals surface area contributed by atoms with Gasteiger partial charge in [-0.3, -0.25) is 0 Å². The number of pyridine rings is 2. The van der Waals surface area contributed by atoms with E-state index >= 15 is 0 Å². The lowest BCUT2D eigenvalue weighted by Crippen LogP contribution is -2.00. The van der Waals surface area contributed by atoms with E-state index in [2.05, 4.69) is 9.97 Å². The van der Waals surface area contributed by atoms with Crippen LogP contribution in [-0.4, -0.2) is 17.1 Å². The Kier molecular flexibility index (Phi) is 4.08. The van der Waals surface area contributed by atoms with Crippen molar-refractivity contribution in [2.45, 2.75) is 0 Å². The van der Waals surface area contributed by atoms with Crippen molar-refractivity contribution in [3.8, 4) is 34.3 Å². The van der Waals surface area contributed by atoms with Crippen LogP contribution in [0.2, 0.25) is 0 Å². The third kappa shape index (κ3) is 2.88. The largest absolute Gasteiger partial charge is 0.481 e. The third-order valence-electron chi connectivity index (χ3n) is 3.53. The molecule has 2 aromatic heterocycles. The van der Waals surface area contributed by atoms with Crippen molar-refractivity contribution in [2.24, 2.45) is 0 Å². The molecular weight excluding hydrogens is 307 g/mol. The first kappa shape index (κ1) is 15.4. The van der Waals surface area contributed by atoms with E-state index < -0.39 is 0 Å². The Bertz CT molecular complexity index is 933. The van der Waals surface area contributed by atoms with Gasteiger partial charge in [-0.1, -0.05) is 12.1 Å². The summed E-state index contributed by atoms with van der Waals surface area (Å²) in [6.07, 6.45) is 1.61. The zero-order valence-electron chi connectivity index (χ0n) is 12.8. The van der Waals surface area contributed by atoms with Crippen molar-refractivity contribution >= 4 is 5.82 Å². The van der Waals surface area contributed by atoms with E-state index in [0.29, 0.717) is 22.7 Å². The number of hydrogen-bond donors (Lipinski definition) is 1. The van der Waals surface area contributed by atoms with E-state index in [4.69, 9.17) is 10.5 Å². The molecule has 0 atom stereocenters. The highest BCUT2D eigenvalue weighted by atomic mass is 19.1. The lowest BCUT2D eigenvalue weighted by molar-refractivity contribution is 0.398. The fraction of sp³-hybridized carbons (Fsp3) is 0.0556. The summed E-state index contributed by atoms with van der Waals surface area (Å²) in [4.78, 5) is 8.47. The average molecular weight is 320 g/mol. The van der Waals surface area contributed by atoms with E-state index in [0.717, 1.165) is 5.56 Å². The molecule has 2 N–H and O–H groups in total. The number of nitriles is 1. The number of ether oxygens (including phenoxy) is 1. The summed E-state index contributed by atoms with van der Waals surface area (Å²) in [7, 11) is 1.53. The van der Waals surface area contributed by atoms with Gasteiger partial charge >= 0.3 is 0 Å². The van der Waals surface area contributed by atoms with Crippen LogP contribution in [0.25, 0.3) is 22.4 Å². The second-order valence-electron chi connectivity index (χ2n) is 5.03. The van der Waals surface area contributed by atoms with Gasteiger partial charge in [-0.2, -0.15) is 5.26 Å². The molecule has 0 bridgehead atoms. The van der Waals surface area contributed by atoms with Crippen molar-refractivity contribution in [1.82, 2.24) is 9.97 Å². The van der Waals surface area contributed by atoms with Gasteiger partial charge in [0, 0.05) is 29.0 Å². The number of halogens is 1. The molecule has 1 aromatic carbocycles. The van der Waals surface area contributed by atoms with E-state index in [-0.39, 0.29) is 17.2 Å². The molecule has 0 saturated heterocycles. The minimum absolute atomic E-state index is 0.0991. The van der Waals surface area contributed by atoms with Gasteiger partial charge in [0.1, 0.15) is 17.7 Å². The summed E-state index contributed by atoms with van der Waals surface area (Å²) in [5.41, 5.74) is 8.50. The van der Waals surface area contributed by atoms with Gasteiger partial charge in [0.05, 0.1) is 18.4 Å². The predicted molar refractivity (Wildman–Crippen MR) is 88.5 cm³/mol. The Morgan fingerprint density at radius 2 is 2.00 bits per heavy atom. The number of nitrogens with zero attached hydrogens (tertiary/aromatic N) is 3. The molecule has 0 amide bonds. The molecule has 0 spiro atoms. The Hall–Kier alpha value is -3.46. The number of nitrogens with two attached hydrogens (primary N) is 1. The SMILES string of the molecule is COc1ccc(-c2cc(C#N)c(N)nc2-c2cccc(F)c2)cn1. The number of nitrogen functional groups attached to an aromatic ring is 1. The van der Waals surface area contributed by atoms with Crippen LogP contribution in [0.4, 0.5) is 10.2 Å². The molecule has 5 nitrogen and oxygen atoms in total. The van der Waals surface area contributed by atoms with Gasteiger partial charge in [-0.25, -0.2) is 14.4 Å². The van der Waals surface area contributed by atoms with Crippen LogP contribution in [-0.2, 0) is 0 Å². The average Bonchev–Trinajstić information content (AvgIpc) is 2.61. The van der Waals surface area contributed by atoms with Crippen LogP contribution in [0, 0.1) is 17.1 Å². The number of aromatic nitrogens is 2. The summed E-state index contributed by atoms with van der Waals surface area (Å²) in [5.74, 6) is 0.188. The van der Waals surface area contributed by atoms with Crippen LogP contribution in [0.1, 0.15) is 5.56 Å². The zero-order chi connectivity index (χ0) is 17.1. The highest BCUT2D eigenvalue weighted by Gasteiger charge is 2.14. The highest BCUT2D eigenvalue weighted by molar-refractivity contribution is 5.83. The van der Waals surface area contributed by atoms with Crippen LogP contribution in [0.15, 0.2) is 48.7 Å². The maximum atomic E-state index is 13.6. The molecule has 118 valence electrons. The standard InChI is InChI=1S/C18H13FN4O/c1-24-16-6-5-12(10-22-16)15-8-13(9-20)18(21)23-17(15)11-3-2-4-14(19)7-11/h2-8,10H,1H3,(H2,21,23). The van der Waals surface area contributed by atoms with Gasteiger partial charge < -0.3 is 10.5 Å². The number of rotatable bonds is 3. The summed E-state index contributed by atoms with van der Waals surface area (Å²) < 4.78 is 18.6. The molecule has 0 saturated carbocycles. The number of benzene rings is 1. The number of methoxy groups -OCH3 is 1. The fourth-order valence-electron chi connectivity index (χ4n) is 2.35. The fourth-order valence-corrected chi connectivity index (χ4v) is 2.35. The smallest absolute Gasteiger partial charge is 0.212 e. The summed E-state index contributed by atoms with van der Waals surface area (Å²) >= 11 is 0. The highest BCUT2D eigenvalue weighted by Crippen LogP contribution is 2.33. The van der Waals surface area contributed by atoms with Crippen LogP contribution >= 0.6 is 0 Å². The molecule has 0 aliphatic rings. The minimum Gasteiger partial charge on any atom is -0.481 e. The Labute approximate surface area is 138 Å². The Morgan fingerprint density at radius 1 is 1.17 bits per heavy atom. The molecule has 0 aliphatic carbocycles. The zero-order valence-corrected chi connectivity index (χ0v) is 12.8. The minimum atomic E-state index is -0.379. The second kappa shape index (κ2) is 6.34.